The van der Waals surface area contributed by atoms with Crippen molar-refractivity contribution in [3.63, 3.8) is 0 Å². The minimum Gasteiger partial charge on any atom is -0.295 e. The fraction of sp³-hybridized carbons (Fsp3) is 0.654. The number of benzene rings is 1. The molecule has 1 heteroatoms. The van der Waals surface area contributed by atoms with Gasteiger partial charge in [-0.05, 0) is 90.6 Å². The van der Waals surface area contributed by atoms with Gasteiger partial charge in [-0.15, -0.1) is 0 Å². The third kappa shape index (κ3) is 2.26. The molecule has 0 bridgehead atoms. The molecule has 0 heterocycles. The molecule has 1 unspecified atom stereocenters. The van der Waals surface area contributed by atoms with E-state index in [1.54, 1.807) is 5.56 Å². The summed E-state index contributed by atoms with van der Waals surface area (Å²) in [6.45, 7) is 7.67. The lowest BCUT2D eigenvalue weighted by Crippen LogP contribution is -2.53. The molecule has 1 nitrogen and oxygen atoms in total. The summed E-state index contributed by atoms with van der Waals surface area (Å²) in [4.78, 5) is 12.0. The van der Waals surface area contributed by atoms with E-state index in [-0.39, 0.29) is 0 Å². The van der Waals surface area contributed by atoms with E-state index in [2.05, 4.69) is 51.1 Å². The molecule has 4 aliphatic rings. The Kier molecular flexibility index (Phi) is 3.81. The van der Waals surface area contributed by atoms with Crippen LogP contribution < -0.4 is 0 Å². The SMILES string of the molecule is C[C@]12CCC(=O)C=C1CCC1[C@@H]2CC[C@@]2(C)[C@H]1CC[C@]2(C)c1ccccc1. The molecule has 0 radical (unpaired) electrons. The zero-order valence-corrected chi connectivity index (χ0v) is 17.3. The summed E-state index contributed by atoms with van der Waals surface area (Å²) in [5.41, 5.74) is 4.07. The van der Waals surface area contributed by atoms with Crippen LogP contribution in [0.4, 0.5) is 0 Å². The van der Waals surface area contributed by atoms with Crippen molar-refractivity contribution >= 4 is 5.78 Å². The summed E-state index contributed by atoms with van der Waals surface area (Å²) in [5, 5.41) is 0. The maximum Gasteiger partial charge on any atom is 0.155 e. The first-order chi connectivity index (χ1) is 12.9. The summed E-state index contributed by atoms with van der Waals surface area (Å²) in [5.74, 6) is 2.86. The van der Waals surface area contributed by atoms with E-state index in [1.165, 1.54) is 37.7 Å². The zero-order valence-electron chi connectivity index (χ0n) is 17.3. The fourth-order valence-electron chi connectivity index (χ4n) is 8.11. The smallest absolute Gasteiger partial charge is 0.155 e. The molecule has 0 aliphatic heterocycles. The van der Waals surface area contributed by atoms with Gasteiger partial charge in [-0.1, -0.05) is 56.7 Å². The third-order valence-corrected chi connectivity index (χ3v) is 9.98. The molecule has 0 saturated heterocycles. The second-order valence-electron chi connectivity index (χ2n) is 10.7. The van der Waals surface area contributed by atoms with Gasteiger partial charge in [0.1, 0.15) is 0 Å². The Morgan fingerprint density at radius 1 is 0.852 bits per heavy atom. The fourth-order valence-corrected chi connectivity index (χ4v) is 8.11. The predicted octanol–water partition coefficient (Wildman–Crippen LogP) is 6.48. The van der Waals surface area contributed by atoms with Crippen LogP contribution in [0.2, 0.25) is 0 Å². The number of hydrogen-bond donors (Lipinski definition) is 0. The Labute approximate surface area is 164 Å². The van der Waals surface area contributed by atoms with Crippen LogP contribution in [0.3, 0.4) is 0 Å². The quantitative estimate of drug-likeness (QED) is 0.559. The van der Waals surface area contributed by atoms with Crippen molar-refractivity contribution in [2.45, 2.75) is 77.6 Å². The average molecular weight is 363 g/mol. The van der Waals surface area contributed by atoms with Gasteiger partial charge in [0.25, 0.3) is 0 Å². The molecule has 0 spiro atoms. The maximum absolute atomic E-state index is 12.0. The van der Waals surface area contributed by atoms with Crippen LogP contribution in [0, 0.1) is 28.6 Å². The topological polar surface area (TPSA) is 17.1 Å². The number of allylic oxidation sites excluding steroid dienone is 1. The summed E-state index contributed by atoms with van der Waals surface area (Å²) in [6, 6.07) is 11.3. The highest BCUT2D eigenvalue weighted by Crippen LogP contribution is 2.70. The van der Waals surface area contributed by atoms with Gasteiger partial charge in [-0.3, -0.25) is 4.79 Å². The lowest BCUT2D eigenvalue weighted by molar-refractivity contribution is -0.117. The van der Waals surface area contributed by atoms with Crippen molar-refractivity contribution in [3.05, 3.63) is 47.5 Å². The van der Waals surface area contributed by atoms with Crippen LogP contribution >= 0.6 is 0 Å². The van der Waals surface area contributed by atoms with E-state index in [4.69, 9.17) is 0 Å². The average Bonchev–Trinajstić information content (AvgIpc) is 2.95. The summed E-state index contributed by atoms with van der Waals surface area (Å²) < 4.78 is 0. The Hall–Kier alpha value is -1.37. The first-order valence-electron chi connectivity index (χ1n) is 11.2. The van der Waals surface area contributed by atoms with Gasteiger partial charge in [0.05, 0.1) is 0 Å². The second-order valence-corrected chi connectivity index (χ2v) is 10.7. The van der Waals surface area contributed by atoms with Gasteiger partial charge >= 0.3 is 0 Å². The first-order valence-corrected chi connectivity index (χ1v) is 11.2. The number of carbonyl (C=O) groups is 1. The second kappa shape index (κ2) is 5.82. The molecule has 0 N–H and O–H groups in total. The molecule has 144 valence electrons. The molecule has 0 amide bonds. The van der Waals surface area contributed by atoms with Crippen molar-refractivity contribution in [2.24, 2.45) is 28.6 Å². The van der Waals surface area contributed by atoms with Crippen molar-refractivity contribution in [1.29, 1.82) is 0 Å². The largest absolute Gasteiger partial charge is 0.295 e. The van der Waals surface area contributed by atoms with E-state index in [9.17, 15) is 4.79 Å². The van der Waals surface area contributed by atoms with E-state index < -0.39 is 0 Å². The van der Waals surface area contributed by atoms with Crippen LogP contribution in [0.25, 0.3) is 0 Å². The van der Waals surface area contributed by atoms with Crippen molar-refractivity contribution in [3.8, 4) is 0 Å². The van der Waals surface area contributed by atoms with Gasteiger partial charge in [0.15, 0.2) is 5.78 Å². The van der Waals surface area contributed by atoms with E-state index in [0.717, 1.165) is 37.0 Å². The van der Waals surface area contributed by atoms with Crippen LogP contribution in [0.5, 0.6) is 0 Å². The van der Waals surface area contributed by atoms with Gasteiger partial charge in [-0.25, -0.2) is 0 Å². The number of carbonyl (C=O) groups excluding carboxylic acids is 1. The predicted molar refractivity (Wildman–Crippen MR) is 111 cm³/mol. The Morgan fingerprint density at radius 2 is 1.59 bits per heavy atom. The minimum absolute atomic E-state index is 0.296. The number of ketones is 1. The highest BCUT2D eigenvalue weighted by Gasteiger charge is 2.62. The molecule has 3 saturated carbocycles. The first kappa shape index (κ1) is 17.7. The molecule has 1 aromatic carbocycles. The summed E-state index contributed by atoms with van der Waals surface area (Å²) in [7, 11) is 0. The van der Waals surface area contributed by atoms with Crippen LogP contribution in [0.15, 0.2) is 42.0 Å². The van der Waals surface area contributed by atoms with Gasteiger partial charge in [0.2, 0.25) is 0 Å². The van der Waals surface area contributed by atoms with Crippen molar-refractivity contribution in [1.82, 2.24) is 0 Å². The van der Waals surface area contributed by atoms with Crippen LogP contribution in [-0.4, -0.2) is 5.78 Å². The normalized spacial score (nSPS) is 46.3. The third-order valence-electron chi connectivity index (χ3n) is 9.98. The van der Waals surface area contributed by atoms with E-state index >= 15 is 0 Å². The Morgan fingerprint density at radius 3 is 2.37 bits per heavy atom. The maximum atomic E-state index is 12.0. The van der Waals surface area contributed by atoms with Crippen LogP contribution in [-0.2, 0) is 10.2 Å². The molecule has 4 aliphatic carbocycles. The molecule has 3 fully saturated rings. The molecule has 5 rings (SSSR count). The highest BCUT2D eigenvalue weighted by molar-refractivity contribution is 5.91. The number of rotatable bonds is 1. The molecule has 6 atom stereocenters. The molecule has 27 heavy (non-hydrogen) atoms. The standard InChI is InChI=1S/C26H34O/c1-24-14-11-20(27)17-19(24)9-10-21-22(24)12-16-26(3)23(21)13-15-25(26,2)18-7-5-4-6-8-18/h4-8,17,21-23H,9-16H2,1-3H3/t21?,22-,23-,24-,25+,26-/m0/s1. The van der Waals surface area contributed by atoms with Gasteiger partial charge < -0.3 is 0 Å². The van der Waals surface area contributed by atoms with Gasteiger partial charge in [-0.2, -0.15) is 0 Å². The van der Waals surface area contributed by atoms with Crippen LogP contribution in [0.1, 0.15) is 77.7 Å². The van der Waals surface area contributed by atoms with E-state index in [1.807, 2.05) is 6.08 Å². The number of hydrogen-bond acceptors (Lipinski definition) is 1. The lowest BCUT2D eigenvalue weighted by atomic mass is 9.45. The molecular weight excluding hydrogens is 328 g/mol. The Bertz CT molecular complexity index is 792. The summed E-state index contributed by atoms with van der Waals surface area (Å²) >= 11 is 0. The molecular formula is C26H34O. The highest BCUT2D eigenvalue weighted by atomic mass is 16.1. The van der Waals surface area contributed by atoms with Crippen molar-refractivity contribution in [2.75, 3.05) is 0 Å². The zero-order chi connectivity index (χ0) is 18.9. The monoisotopic (exact) mass is 362 g/mol. The molecule has 0 aromatic heterocycles. The Balaban J connectivity index is 1.51. The van der Waals surface area contributed by atoms with E-state index in [0.29, 0.717) is 22.0 Å². The molecule has 1 aromatic rings. The van der Waals surface area contributed by atoms with Gasteiger partial charge in [0, 0.05) is 6.42 Å². The number of fused-ring (bicyclic) bond motifs is 5. The lowest BCUT2D eigenvalue weighted by Gasteiger charge is -2.59. The summed E-state index contributed by atoms with van der Waals surface area (Å²) in [6.07, 6.45) is 11.8. The minimum atomic E-state index is 0.296. The van der Waals surface area contributed by atoms with Crippen molar-refractivity contribution < 1.29 is 4.79 Å².